The quantitative estimate of drug-likeness (QED) is 0.550. The van der Waals surface area contributed by atoms with Gasteiger partial charge in [0.05, 0.1) is 5.69 Å². The van der Waals surface area contributed by atoms with Crippen molar-refractivity contribution in [3.8, 4) is 0 Å². The van der Waals surface area contributed by atoms with Crippen LogP contribution >= 0.6 is 0 Å². The summed E-state index contributed by atoms with van der Waals surface area (Å²) in [5.74, 6) is 0. The van der Waals surface area contributed by atoms with Gasteiger partial charge in [-0.15, -0.1) is 0 Å². The van der Waals surface area contributed by atoms with Gasteiger partial charge in [0, 0.05) is 17.0 Å². The Morgan fingerprint density at radius 2 is 1.71 bits per heavy atom. The lowest BCUT2D eigenvalue weighted by Gasteiger charge is -1.96. The van der Waals surface area contributed by atoms with E-state index in [2.05, 4.69) is 53.5 Å². The van der Waals surface area contributed by atoms with E-state index in [0.29, 0.717) is 0 Å². The Bertz CT molecular complexity index is 842. The molecule has 1 heterocycles. The van der Waals surface area contributed by atoms with Crippen molar-refractivity contribution in [2.45, 2.75) is 7.43 Å². The second-order valence-corrected chi connectivity index (χ2v) is 4.14. The van der Waals surface area contributed by atoms with Crippen LogP contribution in [-0.4, -0.2) is 6.21 Å². The van der Waals surface area contributed by atoms with E-state index >= 15 is 0 Å². The number of fused-ring (bicyclic) bond motifs is 4. The third-order valence-electron chi connectivity index (χ3n) is 3.26. The van der Waals surface area contributed by atoms with Crippen LogP contribution in [0.15, 0.2) is 41.4 Å². The van der Waals surface area contributed by atoms with Crippen molar-refractivity contribution < 1.29 is 0 Å². The summed E-state index contributed by atoms with van der Waals surface area (Å²) >= 11 is 0. The summed E-state index contributed by atoms with van der Waals surface area (Å²) in [6, 6.07) is 12.8. The summed E-state index contributed by atoms with van der Waals surface area (Å²) in [5, 5.41) is 5.15. The van der Waals surface area contributed by atoms with E-state index in [1.165, 1.54) is 26.4 Å². The lowest BCUT2D eigenvalue weighted by atomic mass is 10.1. The first kappa shape index (κ1) is 10.0. The maximum Gasteiger partial charge on any atom is 0.0781 e. The zero-order chi connectivity index (χ0) is 10.5. The molecule has 0 N–H and O–H groups in total. The van der Waals surface area contributed by atoms with Gasteiger partial charge in [0.15, 0.2) is 0 Å². The highest BCUT2D eigenvalue weighted by Gasteiger charge is 2.09. The molecule has 0 saturated heterocycles. The number of hydrogen-bond acceptors (Lipinski definition) is 1. The maximum absolute atomic E-state index is 4.44. The Morgan fingerprint density at radius 1 is 0.824 bits per heavy atom. The Hall–Kier alpha value is -2.15. The Morgan fingerprint density at radius 3 is 2.65 bits per heavy atom. The van der Waals surface area contributed by atoms with Gasteiger partial charge >= 0.3 is 0 Å². The van der Waals surface area contributed by atoms with Crippen LogP contribution in [0.1, 0.15) is 13.0 Å². The predicted octanol–water partition coefficient (Wildman–Crippen LogP) is 2.25. The lowest BCUT2D eigenvalue weighted by molar-refractivity contribution is 1.43. The molecule has 1 aliphatic heterocycles. The number of benzene rings is 2. The van der Waals surface area contributed by atoms with Gasteiger partial charge < -0.3 is 0 Å². The van der Waals surface area contributed by atoms with E-state index in [-0.39, 0.29) is 7.43 Å². The molecular formula is C16H13N. The van der Waals surface area contributed by atoms with Crippen molar-refractivity contribution in [1.29, 1.82) is 0 Å². The molecule has 0 atom stereocenters. The van der Waals surface area contributed by atoms with Gasteiger partial charge in [-0.1, -0.05) is 43.8 Å². The van der Waals surface area contributed by atoms with E-state index in [1.54, 1.807) is 0 Å². The largest absolute Gasteiger partial charge is 0.256 e. The molecule has 0 aromatic heterocycles. The van der Waals surface area contributed by atoms with Gasteiger partial charge in [-0.2, -0.15) is 0 Å². The Kier molecular flexibility index (Phi) is 2.02. The Labute approximate surface area is 99.8 Å². The van der Waals surface area contributed by atoms with Gasteiger partial charge in [0.1, 0.15) is 0 Å². The Balaban J connectivity index is 0.000000902. The normalized spacial score (nSPS) is 12.9. The summed E-state index contributed by atoms with van der Waals surface area (Å²) < 4.78 is 0. The average Bonchev–Trinajstić information content (AvgIpc) is 2.92. The summed E-state index contributed by atoms with van der Waals surface area (Å²) in [6.07, 6.45) is 6.17. The van der Waals surface area contributed by atoms with Crippen LogP contribution in [0.25, 0.3) is 12.2 Å². The lowest BCUT2D eigenvalue weighted by Crippen LogP contribution is -1.98. The van der Waals surface area contributed by atoms with E-state index in [1.807, 2.05) is 6.21 Å². The number of rotatable bonds is 0. The van der Waals surface area contributed by atoms with Gasteiger partial charge in [0.25, 0.3) is 0 Å². The fraction of sp³-hybridized carbons (Fsp3) is 0.0625. The molecular weight excluding hydrogens is 206 g/mol. The summed E-state index contributed by atoms with van der Waals surface area (Å²) in [6.45, 7) is 0. The molecule has 0 radical (unpaired) electrons. The second-order valence-electron chi connectivity index (χ2n) is 4.14. The molecule has 2 aliphatic rings. The SMILES string of the molecule is C.C1=Nc2c3c(ccc2=C1)=c1ccccc1=C3. The highest BCUT2D eigenvalue weighted by atomic mass is 14.7. The topological polar surface area (TPSA) is 12.4 Å². The van der Waals surface area contributed by atoms with Crippen LogP contribution in [0.4, 0.5) is 5.69 Å². The third-order valence-corrected chi connectivity index (χ3v) is 3.26. The molecule has 0 amide bonds. The van der Waals surface area contributed by atoms with E-state index in [4.69, 9.17) is 0 Å². The summed E-state index contributed by atoms with van der Waals surface area (Å²) in [7, 11) is 0. The van der Waals surface area contributed by atoms with Crippen molar-refractivity contribution >= 4 is 24.1 Å². The average molecular weight is 219 g/mol. The van der Waals surface area contributed by atoms with Gasteiger partial charge in [-0.25, -0.2) is 0 Å². The van der Waals surface area contributed by atoms with Crippen LogP contribution < -0.4 is 10.4 Å². The zero-order valence-electron chi connectivity index (χ0n) is 8.64. The smallest absolute Gasteiger partial charge is 0.0781 e. The molecule has 0 spiro atoms. The van der Waals surface area contributed by atoms with Gasteiger partial charge in [-0.05, 0) is 27.8 Å². The molecule has 0 saturated carbocycles. The van der Waals surface area contributed by atoms with Gasteiger partial charge in [-0.3, -0.25) is 4.99 Å². The number of aliphatic imine (C=N–C) groups is 1. The first-order valence-corrected chi connectivity index (χ1v) is 5.42. The molecule has 1 nitrogen and oxygen atoms in total. The molecule has 2 aromatic rings. The highest BCUT2D eigenvalue weighted by molar-refractivity contribution is 5.98. The third kappa shape index (κ3) is 1.22. The van der Waals surface area contributed by atoms with Crippen LogP contribution in [0.3, 0.4) is 0 Å². The standard InChI is InChI=1S/C15H9N.CH4/c1-2-4-12-11(3-1)9-14-13(12)6-5-10-7-8-16-15(10)14;/h1-9H;1H4. The van der Waals surface area contributed by atoms with Gasteiger partial charge in [0.2, 0.25) is 0 Å². The molecule has 0 bridgehead atoms. The summed E-state index contributed by atoms with van der Waals surface area (Å²) in [5.41, 5.74) is 2.39. The van der Waals surface area contributed by atoms with E-state index < -0.39 is 0 Å². The van der Waals surface area contributed by atoms with Crippen LogP contribution in [0, 0.1) is 10.4 Å². The molecule has 4 rings (SSSR count). The fourth-order valence-electron chi connectivity index (χ4n) is 2.50. The zero-order valence-corrected chi connectivity index (χ0v) is 8.64. The van der Waals surface area contributed by atoms with Crippen LogP contribution in [-0.2, 0) is 0 Å². The molecule has 17 heavy (non-hydrogen) atoms. The molecule has 1 aliphatic carbocycles. The van der Waals surface area contributed by atoms with Crippen molar-refractivity contribution in [3.05, 3.63) is 62.8 Å². The minimum absolute atomic E-state index is 0. The monoisotopic (exact) mass is 219 g/mol. The van der Waals surface area contributed by atoms with Crippen molar-refractivity contribution in [2.24, 2.45) is 4.99 Å². The van der Waals surface area contributed by atoms with E-state index in [0.717, 1.165) is 5.69 Å². The fourth-order valence-corrected chi connectivity index (χ4v) is 2.50. The minimum atomic E-state index is 0. The van der Waals surface area contributed by atoms with Crippen molar-refractivity contribution in [3.63, 3.8) is 0 Å². The summed E-state index contributed by atoms with van der Waals surface area (Å²) in [4.78, 5) is 4.44. The second kappa shape index (κ2) is 3.42. The molecule has 2 aromatic carbocycles. The molecule has 82 valence electrons. The number of nitrogens with zero attached hydrogens (tertiary/aromatic N) is 1. The van der Waals surface area contributed by atoms with Crippen molar-refractivity contribution in [2.75, 3.05) is 0 Å². The molecule has 0 unspecified atom stereocenters. The molecule has 1 heteroatoms. The predicted molar refractivity (Wildman–Crippen MR) is 72.7 cm³/mol. The minimum Gasteiger partial charge on any atom is -0.256 e. The highest BCUT2D eigenvalue weighted by Crippen LogP contribution is 2.21. The first-order valence-electron chi connectivity index (χ1n) is 5.42. The number of hydrogen-bond donors (Lipinski definition) is 0. The van der Waals surface area contributed by atoms with Crippen LogP contribution in [0.5, 0.6) is 0 Å². The first-order chi connectivity index (χ1) is 7.93. The van der Waals surface area contributed by atoms with E-state index in [9.17, 15) is 0 Å². The maximum atomic E-state index is 4.44. The molecule has 0 fully saturated rings. The van der Waals surface area contributed by atoms with Crippen molar-refractivity contribution in [1.82, 2.24) is 0 Å². The van der Waals surface area contributed by atoms with Crippen LogP contribution in [0.2, 0.25) is 0 Å².